The van der Waals surface area contributed by atoms with Gasteiger partial charge in [-0.2, -0.15) is 0 Å². The van der Waals surface area contributed by atoms with Gasteiger partial charge in [0.25, 0.3) is 0 Å². The van der Waals surface area contributed by atoms with E-state index in [4.69, 9.17) is 11.5 Å². The minimum absolute atomic E-state index is 0.00763. The van der Waals surface area contributed by atoms with Crippen LogP contribution in [0.3, 0.4) is 0 Å². The van der Waals surface area contributed by atoms with Crippen LogP contribution in [-0.4, -0.2) is 35.2 Å². The summed E-state index contributed by atoms with van der Waals surface area (Å²) in [6.07, 6.45) is 5.60. The van der Waals surface area contributed by atoms with Crippen LogP contribution in [0.15, 0.2) is 0 Å². The van der Waals surface area contributed by atoms with Crippen molar-refractivity contribution in [1.29, 1.82) is 0 Å². The molecule has 6 N–H and O–H groups in total. The van der Waals surface area contributed by atoms with Gasteiger partial charge in [0.05, 0.1) is 0 Å². The zero-order chi connectivity index (χ0) is 33.1. The smallest absolute Gasteiger partial charge is 0.0247 e. The Morgan fingerprint density at radius 1 is 0.561 bits per heavy atom. The molecule has 0 spiro atoms. The zero-order valence-electron chi connectivity index (χ0n) is 31.8. The summed E-state index contributed by atoms with van der Waals surface area (Å²) in [4.78, 5) is 0. The van der Waals surface area contributed by atoms with Crippen LogP contribution in [0.2, 0.25) is 0 Å². The Morgan fingerprint density at radius 3 is 1.46 bits per heavy atom. The third kappa shape index (κ3) is 11.7. The second-order valence-corrected chi connectivity index (χ2v) is 19.3. The average molecular weight is 581 g/mol. The van der Waals surface area contributed by atoms with Gasteiger partial charge in [-0.05, 0) is 127 Å². The fraction of sp³-hybridized carbons (Fsp3) is 1.00. The standard InChI is InChI=1S/C37H80N4/c1-27(2)30(5,6)24-28(3)36(17,18)32(9,10)25-29(4)37(19,39)31(7,8)20-21-33(11,12)41-34(13,14)22-23-40-35(15,16)26-38/h27-29,40-41H,20-26,38-39H2,1-19H3. The van der Waals surface area contributed by atoms with Gasteiger partial charge in [0, 0.05) is 28.7 Å². The van der Waals surface area contributed by atoms with Gasteiger partial charge < -0.3 is 22.1 Å². The third-order valence-electron chi connectivity index (χ3n) is 12.6. The highest BCUT2D eigenvalue weighted by atomic mass is 15.0. The SMILES string of the molecule is CC(C)C(C)(C)CC(C)C(C)(C)C(C)(C)CC(C)C(C)(N)C(C)(C)CCC(C)(C)NC(C)(C)CCNC(C)(C)CN. The molecule has 0 rings (SSSR count). The number of nitrogens with one attached hydrogen (secondary N) is 2. The lowest BCUT2D eigenvalue weighted by Crippen LogP contribution is -2.58. The van der Waals surface area contributed by atoms with Gasteiger partial charge in [-0.15, -0.1) is 0 Å². The van der Waals surface area contributed by atoms with Gasteiger partial charge in [-0.25, -0.2) is 0 Å². The van der Waals surface area contributed by atoms with Crippen LogP contribution in [0.25, 0.3) is 0 Å². The van der Waals surface area contributed by atoms with Crippen molar-refractivity contribution in [2.45, 2.75) is 186 Å². The average Bonchev–Trinajstić information content (AvgIpc) is 2.75. The van der Waals surface area contributed by atoms with Crippen LogP contribution < -0.4 is 22.1 Å². The van der Waals surface area contributed by atoms with E-state index in [1.807, 2.05) is 0 Å². The van der Waals surface area contributed by atoms with Crippen molar-refractivity contribution in [3.05, 3.63) is 0 Å². The zero-order valence-corrected chi connectivity index (χ0v) is 31.8. The Bertz CT molecular complexity index is 783. The highest BCUT2D eigenvalue weighted by molar-refractivity contribution is 5.03. The third-order valence-corrected chi connectivity index (χ3v) is 12.6. The maximum atomic E-state index is 7.34. The number of nitrogens with two attached hydrogens (primary N) is 2. The maximum absolute atomic E-state index is 7.34. The highest BCUT2D eigenvalue weighted by Gasteiger charge is 2.48. The minimum Gasteiger partial charge on any atom is -0.329 e. The monoisotopic (exact) mass is 581 g/mol. The molecule has 3 atom stereocenters. The lowest BCUT2D eigenvalue weighted by Gasteiger charge is -2.53. The van der Waals surface area contributed by atoms with E-state index in [-0.39, 0.29) is 38.4 Å². The molecule has 0 aliphatic carbocycles. The molecule has 0 aromatic carbocycles. The molecule has 0 heterocycles. The molecule has 41 heavy (non-hydrogen) atoms. The molecule has 0 aliphatic heterocycles. The summed E-state index contributed by atoms with van der Waals surface area (Å²) >= 11 is 0. The molecule has 0 aromatic rings. The summed E-state index contributed by atoms with van der Waals surface area (Å²) in [5, 5.41) is 7.58. The van der Waals surface area contributed by atoms with Gasteiger partial charge in [0.15, 0.2) is 0 Å². The second kappa shape index (κ2) is 13.9. The van der Waals surface area contributed by atoms with Gasteiger partial charge >= 0.3 is 0 Å². The molecule has 248 valence electrons. The van der Waals surface area contributed by atoms with Gasteiger partial charge in [-0.1, -0.05) is 83.1 Å². The van der Waals surface area contributed by atoms with Crippen molar-refractivity contribution in [3.63, 3.8) is 0 Å². The molecule has 0 saturated carbocycles. The fourth-order valence-corrected chi connectivity index (χ4v) is 6.58. The van der Waals surface area contributed by atoms with Gasteiger partial charge in [-0.3, -0.25) is 0 Å². The van der Waals surface area contributed by atoms with Crippen molar-refractivity contribution in [2.24, 2.45) is 50.9 Å². The van der Waals surface area contributed by atoms with Crippen molar-refractivity contribution in [1.82, 2.24) is 10.6 Å². The molecule has 0 saturated heterocycles. The van der Waals surface area contributed by atoms with E-state index in [0.717, 1.165) is 32.2 Å². The molecule has 0 bridgehead atoms. The molecule has 0 amide bonds. The lowest BCUT2D eigenvalue weighted by molar-refractivity contribution is -0.0192. The Labute approximate surface area is 260 Å². The molecule has 0 aliphatic rings. The largest absolute Gasteiger partial charge is 0.329 e. The Kier molecular flexibility index (Phi) is 13.8. The maximum Gasteiger partial charge on any atom is 0.0247 e. The summed E-state index contributed by atoms with van der Waals surface area (Å²) in [6.45, 7) is 46.9. The van der Waals surface area contributed by atoms with Crippen molar-refractivity contribution >= 4 is 0 Å². The van der Waals surface area contributed by atoms with Crippen LogP contribution in [0.4, 0.5) is 0 Å². The second-order valence-electron chi connectivity index (χ2n) is 19.3. The number of hydrogen-bond acceptors (Lipinski definition) is 4. The van der Waals surface area contributed by atoms with E-state index in [9.17, 15) is 0 Å². The van der Waals surface area contributed by atoms with Crippen LogP contribution >= 0.6 is 0 Å². The summed E-state index contributed by atoms with van der Waals surface area (Å²) in [7, 11) is 0. The quantitative estimate of drug-likeness (QED) is 0.123. The van der Waals surface area contributed by atoms with E-state index >= 15 is 0 Å². The Hall–Kier alpha value is -0.160. The van der Waals surface area contributed by atoms with Crippen LogP contribution in [0.1, 0.15) is 164 Å². The summed E-state index contributed by atoms with van der Waals surface area (Å²) < 4.78 is 0. The van der Waals surface area contributed by atoms with Crippen molar-refractivity contribution in [2.75, 3.05) is 13.1 Å². The van der Waals surface area contributed by atoms with E-state index < -0.39 is 0 Å². The Morgan fingerprint density at radius 2 is 1.02 bits per heavy atom. The predicted molar refractivity (Wildman–Crippen MR) is 186 cm³/mol. The number of rotatable bonds is 19. The normalized spacial score (nSPS) is 18.0. The molecular weight excluding hydrogens is 500 g/mol. The summed E-state index contributed by atoms with van der Waals surface area (Å²) in [5.41, 5.74) is 13.7. The summed E-state index contributed by atoms with van der Waals surface area (Å²) in [6, 6.07) is 0. The lowest BCUT2D eigenvalue weighted by atomic mass is 9.53. The first-order chi connectivity index (χ1) is 17.9. The van der Waals surface area contributed by atoms with Crippen LogP contribution in [-0.2, 0) is 0 Å². The molecule has 0 fully saturated rings. The predicted octanol–water partition coefficient (Wildman–Crippen LogP) is 9.16. The molecule has 4 heteroatoms. The van der Waals surface area contributed by atoms with Crippen molar-refractivity contribution < 1.29 is 0 Å². The Balaban J connectivity index is 5.47. The summed E-state index contributed by atoms with van der Waals surface area (Å²) in [5.74, 6) is 1.72. The van der Waals surface area contributed by atoms with Gasteiger partial charge in [0.1, 0.15) is 0 Å². The first kappa shape index (κ1) is 40.8. The van der Waals surface area contributed by atoms with Crippen molar-refractivity contribution in [3.8, 4) is 0 Å². The van der Waals surface area contributed by atoms with Crippen LogP contribution in [0, 0.1) is 39.4 Å². The molecule has 4 nitrogen and oxygen atoms in total. The van der Waals surface area contributed by atoms with Crippen LogP contribution in [0.5, 0.6) is 0 Å². The van der Waals surface area contributed by atoms with E-state index in [1.54, 1.807) is 0 Å². The van der Waals surface area contributed by atoms with E-state index in [0.29, 0.717) is 29.7 Å². The molecule has 3 unspecified atom stereocenters. The minimum atomic E-state index is -0.274. The first-order valence-electron chi connectivity index (χ1n) is 16.9. The molecule has 0 radical (unpaired) electrons. The molecular formula is C37H80N4. The fourth-order valence-electron chi connectivity index (χ4n) is 6.58. The van der Waals surface area contributed by atoms with E-state index in [2.05, 4.69) is 142 Å². The molecule has 0 aromatic heterocycles. The first-order valence-corrected chi connectivity index (χ1v) is 16.9. The van der Waals surface area contributed by atoms with E-state index in [1.165, 1.54) is 6.42 Å². The number of hydrogen-bond donors (Lipinski definition) is 4. The topological polar surface area (TPSA) is 76.1 Å². The highest BCUT2D eigenvalue weighted by Crippen LogP contribution is 2.54. The van der Waals surface area contributed by atoms with Gasteiger partial charge in [0.2, 0.25) is 0 Å².